The highest BCUT2D eigenvalue weighted by atomic mass is 15.2. The summed E-state index contributed by atoms with van der Waals surface area (Å²) in [5.74, 6) is 0. The number of nitrogens with zero attached hydrogens (tertiary/aromatic N) is 4. The van der Waals surface area contributed by atoms with E-state index in [0.29, 0.717) is 0 Å². The van der Waals surface area contributed by atoms with Crippen molar-refractivity contribution in [1.29, 1.82) is 0 Å². The fourth-order valence-electron chi connectivity index (χ4n) is 21.5. The Labute approximate surface area is 807 Å². The SMILES string of the molecule is CC(C)(C)Cc1cc2c3c(c1)N(c1c(-c4cccc(C(C)(C)C)c4)cc(C(C)(C)C)cc1-c1cccc(C(C)(C)C)c1)c1cc(-n4c5ccc(-c6ccccc6)cc5c5cc(-c6ccccc6)ccc54)ccc1B3c1ccc(-n3c4ccc(-c5ccccc5)cc4c4cc(-c5ccccc5)ccc43)cc1N2c1c(-c2cccc(C(C)(C)C)c2)cc(C(C)(C)C)cc1-c1cccc(C(C)(C)C)c1. The summed E-state index contributed by atoms with van der Waals surface area (Å²) in [6.07, 6.45) is 0.780. The van der Waals surface area contributed by atoms with Crippen LogP contribution in [-0.4, -0.2) is 15.8 Å². The molecule has 0 fully saturated rings. The Morgan fingerprint density at radius 3 is 0.713 bits per heavy atom. The fraction of sp³-hybridized carbons (Fsp3) is 0.221. The van der Waals surface area contributed by atoms with Crippen LogP contribution in [0.1, 0.15) is 184 Å². The normalized spacial score (nSPS) is 13.2. The van der Waals surface area contributed by atoms with Crippen molar-refractivity contribution in [3.05, 3.63) is 403 Å². The molecule has 2 aliphatic heterocycles. The van der Waals surface area contributed by atoms with E-state index in [4.69, 9.17) is 0 Å². The average Bonchev–Trinajstić information content (AvgIpc) is 0.745. The van der Waals surface area contributed by atoms with Crippen molar-refractivity contribution in [3.8, 4) is 100 Å². The van der Waals surface area contributed by atoms with Crippen LogP contribution in [0.5, 0.6) is 0 Å². The minimum absolute atomic E-state index is 0.172. The van der Waals surface area contributed by atoms with Gasteiger partial charge in [-0.2, -0.15) is 0 Å². The van der Waals surface area contributed by atoms with Crippen LogP contribution in [0, 0.1) is 5.41 Å². The molecule has 0 spiro atoms. The molecular weight excluding hydrogens is 1640 g/mol. The second-order valence-electron chi connectivity index (χ2n) is 46.1. The Bertz CT molecular complexity index is 7130. The van der Waals surface area contributed by atoms with Gasteiger partial charge < -0.3 is 18.9 Å². The second-order valence-corrected chi connectivity index (χ2v) is 46.1. The molecule has 0 N–H and O–H groups in total. The van der Waals surface area contributed by atoms with Crippen molar-refractivity contribution in [3.63, 3.8) is 0 Å². The van der Waals surface area contributed by atoms with E-state index >= 15 is 0 Å². The first kappa shape index (κ1) is 88.6. The molecule has 0 saturated carbocycles. The number of aromatic nitrogens is 2. The minimum atomic E-state index is -0.335. The van der Waals surface area contributed by atoms with Gasteiger partial charge in [0, 0.05) is 77.9 Å². The lowest BCUT2D eigenvalue weighted by molar-refractivity contribution is 0.411. The molecule has 0 saturated heterocycles. The third-order valence-corrected chi connectivity index (χ3v) is 28.9. The summed E-state index contributed by atoms with van der Waals surface area (Å²) in [7, 11) is 0. The molecule has 0 aliphatic carbocycles. The quantitative estimate of drug-likeness (QED) is 0.107. The molecule has 4 nitrogen and oxygen atoms in total. The van der Waals surface area contributed by atoms with E-state index in [-0.39, 0.29) is 44.6 Å². The van der Waals surface area contributed by atoms with Crippen LogP contribution in [0.25, 0.3) is 144 Å². The third-order valence-electron chi connectivity index (χ3n) is 28.9. The lowest BCUT2D eigenvalue weighted by Gasteiger charge is -2.46. The number of hydrogen-bond donors (Lipinski definition) is 0. The predicted molar refractivity (Wildman–Crippen MR) is 588 cm³/mol. The van der Waals surface area contributed by atoms with Crippen LogP contribution >= 0.6 is 0 Å². The largest absolute Gasteiger partial charge is 0.310 e. The molecule has 0 unspecified atom stereocenters. The second kappa shape index (κ2) is 32.9. The highest BCUT2D eigenvalue weighted by Crippen LogP contribution is 2.57. The van der Waals surface area contributed by atoms with Gasteiger partial charge in [-0.1, -0.05) is 400 Å². The minimum Gasteiger partial charge on any atom is -0.310 e. The first-order chi connectivity index (χ1) is 64.8. The third kappa shape index (κ3) is 16.1. The first-order valence-corrected chi connectivity index (χ1v) is 49.1. The van der Waals surface area contributed by atoms with Gasteiger partial charge in [-0.25, -0.2) is 0 Å². The fourth-order valence-corrected chi connectivity index (χ4v) is 21.5. The van der Waals surface area contributed by atoms with Gasteiger partial charge >= 0.3 is 0 Å². The van der Waals surface area contributed by atoms with E-state index in [9.17, 15) is 0 Å². The van der Waals surface area contributed by atoms with Crippen LogP contribution in [0.2, 0.25) is 0 Å². The van der Waals surface area contributed by atoms with Crippen LogP contribution in [0.15, 0.2) is 364 Å². The Kier molecular flexibility index (Phi) is 21.5. The Balaban J connectivity index is 0.956. The van der Waals surface area contributed by atoms with Crippen LogP contribution in [0.3, 0.4) is 0 Å². The van der Waals surface area contributed by atoms with Crippen LogP contribution in [-0.2, 0) is 38.9 Å². The van der Waals surface area contributed by atoms with Gasteiger partial charge in [0.25, 0.3) is 6.71 Å². The molecule has 0 atom stereocenters. The summed E-state index contributed by atoms with van der Waals surface area (Å²) in [4.78, 5) is 5.65. The molecule has 17 aromatic carbocycles. The Morgan fingerprint density at radius 1 is 0.206 bits per heavy atom. The van der Waals surface area contributed by atoms with Gasteiger partial charge in [0.05, 0.1) is 33.4 Å². The van der Waals surface area contributed by atoms with Gasteiger partial charge in [-0.3, -0.25) is 0 Å². The number of hydrogen-bond acceptors (Lipinski definition) is 2. The van der Waals surface area contributed by atoms with Gasteiger partial charge in [-0.15, -0.1) is 0 Å². The first-order valence-electron chi connectivity index (χ1n) is 49.1. The molecule has 21 rings (SSSR count). The van der Waals surface area contributed by atoms with Gasteiger partial charge in [-0.05, 0) is 276 Å². The maximum absolute atomic E-state index is 2.83. The highest BCUT2D eigenvalue weighted by Gasteiger charge is 2.47. The van der Waals surface area contributed by atoms with E-state index in [1.54, 1.807) is 0 Å². The van der Waals surface area contributed by atoms with Crippen molar-refractivity contribution in [1.82, 2.24) is 9.13 Å². The molecule has 0 amide bonds. The molecular formula is C131H125BN4. The Hall–Kier alpha value is -14.0. The predicted octanol–water partition coefficient (Wildman–Crippen LogP) is 34.7. The van der Waals surface area contributed by atoms with Crippen molar-refractivity contribution in [2.24, 2.45) is 5.41 Å². The number of anilines is 6. The standard InChI is InChI=1S/C131H125BN4/c1-125(2,3)82-83-66-120-122-121(67-83)136(124-106(94-48-36-52-98(70-94)128(10,11)12)78-101(131(19,20)21)79-107(124)95-49-37-53-99(71-95)129(13,14)15)119-81-103(134-116-64-56-90(86-42-30-24-31-43-86)74-110(116)111-75-91(57-65-117(111)134)87-44-32-25-33-45-87)59-61-113(119)132(122)112-60-58-102(133-114-62-54-88(84-38-26-22-27-39-84)72-108(114)109-73-89(55-63-115(109)133)85-40-28-23-29-41-85)80-118(112)135(120)123-104(92-46-34-50-96(68-92)126(4,5)6)76-100(130(16,17)18)77-105(123)93-47-35-51-97(69-93)127(7,8)9/h22-81H,82H2,1-21H3. The summed E-state index contributed by atoms with van der Waals surface area (Å²) < 4.78 is 5.17. The Morgan fingerprint density at radius 2 is 0.463 bits per heavy atom. The van der Waals surface area contributed by atoms with E-state index < -0.39 is 0 Å². The molecule has 0 bridgehead atoms. The van der Waals surface area contributed by atoms with Crippen molar-refractivity contribution >= 4 is 101 Å². The lowest BCUT2D eigenvalue weighted by Crippen LogP contribution is -2.61. The zero-order valence-electron chi connectivity index (χ0n) is 83.2. The number of fused-ring (bicyclic) bond motifs is 10. The average molecular weight is 1770 g/mol. The molecule has 19 aromatic rings. The number of benzene rings is 17. The van der Waals surface area contributed by atoms with Crippen LogP contribution < -0.4 is 26.2 Å². The summed E-state index contributed by atoms with van der Waals surface area (Å²) in [6.45, 7) is 49.8. The monoisotopic (exact) mass is 1760 g/mol. The molecule has 4 heterocycles. The zero-order valence-corrected chi connectivity index (χ0v) is 83.2. The summed E-state index contributed by atoms with van der Waals surface area (Å²) in [5, 5.41) is 4.79. The molecule has 2 aliphatic rings. The van der Waals surface area contributed by atoms with E-state index in [2.05, 4.69) is 528 Å². The van der Waals surface area contributed by atoms with Crippen LogP contribution in [0.4, 0.5) is 34.1 Å². The topological polar surface area (TPSA) is 16.3 Å². The zero-order chi connectivity index (χ0) is 94.8. The van der Waals surface area contributed by atoms with E-state index in [0.717, 1.165) is 74.0 Å². The smallest absolute Gasteiger partial charge is 0.252 e. The molecule has 136 heavy (non-hydrogen) atoms. The molecule has 5 heteroatoms. The molecule has 0 radical (unpaired) electrons. The summed E-state index contributed by atoms with van der Waals surface area (Å²) in [6, 6.07) is 142. The van der Waals surface area contributed by atoms with Gasteiger partial charge in [0.2, 0.25) is 0 Å². The molecule has 672 valence electrons. The lowest BCUT2D eigenvalue weighted by atomic mass is 9.33. The maximum Gasteiger partial charge on any atom is 0.252 e. The number of rotatable bonds is 13. The van der Waals surface area contributed by atoms with Crippen molar-refractivity contribution in [2.75, 3.05) is 9.80 Å². The van der Waals surface area contributed by atoms with E-state index in [1.165, 1.54) is 166 Å². The van der Waals surface area contributed by atoms with Gasteiger partial charge in [0.1, 0.15) is 0 Å². The van der Waals surface area contributed by atoms with E-state index in [1.807, 2.05) is 0 Å². The summed E-state index contributed by atoms with van der Waals surface area (Å²) >= 11 is 0. The van der Waals surface area contributed by atoms with Crippen molar-refractivity contribution in [2.45, 2.75) is 184 Å². The highest BCUT2D eigenvalue weighted by molar-refractivity contribution is 7.00. The summed E-state index contributed by atoms with van der Waals surface area (Å²) in [5.41, 5.74) is 43.6. The molecule has 2 aromatic heterocycles. The van der Waals surface area contributed by atoms with Crippen molar-refractivity contribution < 1.29 is 0 Å². The van der Waals surface area contributed by atoms with Gasteiger partial charge in [0.15, 0.2) is 0 Å². The maximum atomic E-state index is 2.83.